The highest BCUT2D eigenvalue weighted by molar-refractivity contribution is 5.95. The maximum absolute atomic E-state index is 12.7. The second kappa shape index (κ2) is 13.1. The van der Waals surface area contributed by atoms with E-state index in [1.54, 1.807) is 13.8 Å². The van der Waals surface area contributed by atoms with E-state index in [0.717, 1.165) is 0 Å². The van der Waals surface area contributed by atoms with Crippen LogP contribution in [0.5, 0.6) is 0 Å². The summed E-state index contributed by atoms with van der Waals surface area (Å²) in [5.74, 6) is -6.89. The third-order valence-electron chi connectivity index (χ3n) is 4.09. The molecule has 0 fully saturated rings. The summed E-state index contributed by atoms with van der Waals surface area (Å²) >= 11 is 0. The minimum absolute atomic E-state index is 0.256. The van der Waals surface area contributed by atoms with Crippen LogP contribution in [0.25, 0.3) is 0 Å². The molecular weight excluding hydrogens is 418 g/mol. The molecule has 176 valence electrons. The Hall–Kier alpha value is -3.26. The van der Waals surface area contributed by atoms with Gasteiger partial charge in [0.1, 0.15) is 18.1 Å². The van der Waals surface area contributed by atoms with Crippen molar-refractivity contribution in [1.29, 1.82) is 0 Å². The van der Waals surface area contributed by atoms with Crippen molar-refractivity contribution in [3.8, 4) is 0 Å². The monoisotopic (exact) mass is 447 g/mol. The van der Waals surface area contributed by atoms with Crippen LogP contribution in [0.3, 0.4) is 0 Å². The van der Waals surface area contributed by atoms with E-state index < -0.39 is 78.7 Å². The van der Waals surface area contributed by atoms with Crippen LogP contribution in [0.1, 0.15) is 33.1 Å². The molecule has 4 atom stereocenters. The predicted molar refractivity (Wildman–Crippen MR) is 104 cm³/mol. The molecule has 0 saturated heterocycles. The topological polar surface area (TPSA) is 251 Å². The molecular formula is C17H29N5O9. The molecule has 0 aliphatic rings. The molecule has 0 heterocycles. The summed E-state index contributed by atoms with van der Waals surface area (Å²) in [6.07, 6.45) is -1.27. The fraction of sp³-hybridized carbons (Fsp3) is 0.647. The van der Waals surface area contributed by atoms with Gasteiger partial charge in [-0.05, 0) is 12.3 Å². The van der Waals surface area contributed by atoms with E-state index in [9.17, 15) is 28.8 Å². The van der Waals surface area contributed by atoms with Gasteiger partial charge in [0.15, 0.2) is 0 Å². The van der Waals surface area contributed by atoms with Crippen molar-refractivity contribution in [1.82, 2.24) is 16.0 Å². The summed E-state index contributed by atoms with van der Waals surface area (Å²) in [7, 11) is 0. The zero-order valence-corrected chi connectivity index (χ0v) is 17.2. The number of aliphatic hydroxyl groups is 1. The van der Waals surface area contributed by atoms with E-state index in [1.807, 2.05) is 0 Å². The first kappa shape index (κ1) is 27.7. The second-order valence-corrected chi connectivity index (χ2v) is 7.08. The lowest BCUT2D eigenvalue weighted by Gasteiger charge is -2.26. The number of aliphatic carboxylic acids is 2. The van der Waals surface area contributed by atoms with Crippen molar-refractivity contribution in [2.75, 3.05) is 6.61 Å². The number of hydrogen-bond donors (Lipinski definition) is 8. The first-order valence-electron chi connectivity index (χ1n) is 9.30. The van der Waals surface area contributed by atoms with Gasteiger partial charge in [-0.2, -0.15) is 0 Å². The number of aliphatic hydroxyl groups excluding tert-OH is 1. The Morgan fingerprint density at radius 1 is 0.871 bits per heavy atom. The Balaban J connectivity index is 5.42. The van der Waals surface area contributed by atoms with Gasteiger partial charge in [-0.3, -0.25) is 24.0 Å². The van der Waals surface area contributed by atoms with Crippen molar-refractivity contribution in [3.05, 3.63) is 0 Å². The van der Waals surface area contributed by atoms with Gasteiger partial charge in [0.2, 0.25) is 23.6 Å². The number of carboxylic acids is 2. The van der Waals surface area contributed by atoms with Gasteiger partial charge >= 0.3 is 11.9 Å². The molecule has 0 saturated carbocycles. The van der Waals surface area contributed by atoms with E-state index in [-0.39, 0.29) is 12.8 Å². The smallest absolute Gasteiger partial charge is 0.328 e. The average Bonchev–Trinajstić information content (AvgIpc) is 2.65. The van der Waals surface area contributed by atoms with Crippen molar-refractivity contribution >= 4 is 35.6 Å². The molecule has 14 heteroatoms. The molecule has 0 radical (unpaired) electrons. The summed E-state index contributed by atoms with van der Waals surface area (Å²) in [4.78, 5) is 69.9. The SMILES string of the molecule is CC(C)C(NC(=O)C(CCC(N)=O)NC(=O)C(N)CC(=O)O)C(=O)NC(CO)C(=O)O. The second-order valence-electron chi connectivity index (χ2n) is 7.08. The van der Waals surface area contributed by atoms with Gasteiger partial charge in [-0.1, -0.05) is 13.8 Å². The zero-order valence-electron chi connectivity index (χ0n) is 17.2. The molecule has 0 aliphatic heterocycles. The summed E-state index contributed by atoms with van der Waals surface area (Å²) in [5.41, 5.74) is 10.5. The number of carbonyl (C=O) groups excluding carboxylic acids is 4. The van der Waals surface area contributed by atoms with Gasteiger partial charge in [0, 0.05) is 6.42 Å². The van der Waals surface area contributed by atoms with E-state index in [0.29, 0.717) is 0 Å². The number of primary amides is 1. The van der Waals surface area contributed by atoms with E-state index >= 15 is 0 Å². The standard InChI is InChI=1S/C17H29N5O9/c1-7(2)13(16(29)21-10(6-23)17(30)31)22-15(28)9(3-4-11(19)24)20-14(27)8(18)5-12(25)26/h7-10,13,23H,3-6,18H2,1-2H3,(H2,19,24)(H,20,27)(H,21,29)(H,22,28)(H,25,26)(H,30,31). The van der Waals surface area contributed by atoms with Gasteiger partial charge in [0.25, 0.3) is 0 Å². The number of nitrogens with two attached hydrogens (primary N) is 2. The molecule has 0 spiro atoms. The molecule has 4 amide bonds. The van der Waals surface area contributed by atoms with Crippen molar-refractivity contribution in [3.63, 3.8) is 0 Å². The maximum Gasteiger partial charge on any atom is 0.328 e. The zero-order chi connectivity index (χ0) is 24.3. The Bertz CT molecular complexity index is 697. The van der Waals surface area contributed by atoms with E-state index in [4.69, 9.17) is 26.8 Å². The lowest BCUT2D eigenvalue weighted by Crippen LogP contribution is -2.59. The van der Waals surface area contributed by atoms with Crippen LogP contribution < -0.4 is 27.4 Å². The molecule has 14 nitrogen and oxygen atoms in total. The van der Waals surface area contributed by atoms with Crippen LogP contribution in [0.4, 0.5) is 0 Å². The van der Waals surface area contributed by atoms with Crippen LogP contribution in [-0.4, -0.2) is 81.7 Å². The minimum Gasteiger partial charge on any atom is -0.481 e. The van der Waals surface area contributed by atoms with Gasteiger partial charge in [0.05, 0.1) is 19.1 Å². The first-order chi connectivity index (χ1) is 14.3. The lowest BCUT2D eigenvalue weighted by molar-refractivity contribution is -0.143. The third kappa shape index (κ3) is 10.4. The van der Waals surface area contributed by atoms with E-state index in [2.05, 4.69) is 16.0 Å². The summed E-state index contributed by atoms with van der Waals surface area (Å²) in [6, 6.07) is -5.68. The quantitative estimate of drug-likeness (QED) is 0.129. The molecule has 0 aromatic heterocycles. The largest absolute Gasteiger partial charge is 0.481 e. The minimum atomic E-state index is -1.59. The van der Waals surface area contributed by atoms with Gasteiger partial charge in [-0.15, -0.1) is 0 Å². The van der Waals surface area contributed by atoms with Gasteiger partial charge < -0.3 is 42.7 Å². The normalized spacial score (nSPS) is 14.6. The molecule has 0 aromatic rings. The molecule has 0 aliphatic carbocycles. The lowest BCUT2D eigenvalue weighted by atomic mass is 10.0. The number of amides is 4. The average molecular weight is 447 g/mol. The molecule has 31 heavy (non-hydrogen) atoms. The summed E-state index contributed by atoms with van der Waals surface area (Å²) in [6.45, 7) is 2.23. The van der Waals surface area contributed by atoms with Crippen molar-refractivity contribution < 1.29 is 44.1 Å². The van der Waals surface area contributed by atoms with Crippen LogP contribution in [0.15, 0.2) is 0 Å². The van der Waals surface area contributed by atoms with Crippen LogP contribution in [0, 0.1) is 5.92 Å². The Labute approximate surface area is 177 Å². The highest BCUT2D eigenvalue weighted by atomic mass is 16.4. The summed E-state index contributed by atoms with van der Waals surface area (Å²) in [5, 5.41) is 33.3. The highest BCUT2D eigenvalue weighted by Crippen LogP contribution is 2.06. The van der Waals surface area contributed by atoms with Crippen LogP contribution in [0.2, 0.25) is 0 Å². The van der Waals surface area contributed by atoms with Gasteiger partial charge in [-0.25, -0.2) is 4.79 Å². The van der Waals surface area contributed by atoms with Crippen molar-refractivity contribution in [2.45, 2.75) is 57.3 Å². The molecule has 0 bridgehead atoms. The number of rotatable bonds is 14. The van der Waals surface area contributed by atoms with Crippen LogP contribution in [-0.2, 0) is 28.8 Å². The Morgan fingerprint density at radius 3 is 1.84 bits per heavy atom. The third-order valence-corrected chi connectivity index (χ3v) is 4.09. The molecule has 0 rings (SSSR count). The molecule has 0 aromatic carbocycles. The van der Waals surface area contributed by atoms with E-state index in [1.165, 1.54) is 0 Å². The maximum atomic E-state index is 12.7. The number of carbonyl (C=O) groups is 6. The van der Waals surface area contributed by atoms with Crippen LogP contribution >= 0.6 is 0 Å². The van der Waals surface area contributed by atoms with Crippen molar-refractivity contribution in [2.24, 2.45) is 17.4 Å². The Kier molecular flexibility index (Phi) is 11.7. The molecule has 10 N–H and O–H groups in total. The first-order valence-corrected chi connectivity index (χ1v) is 9.30. The fourth-order valence-electron chi connectivity index (χ4n) is 2.35. The summed E-state index contributed by atoms with van der Waals surface area (Å²) < 4.78 is 0. The highest BCUT2D eigenvalue weighted by Gasteiger charge is 2.32. The fourth-order valence-corrected chi connectivity index (χ4v) is 2.35. The predicted octanol–water partition coefficient (Wildman–Crippen LogP) is -3.76. The number of hydrogen-bond acceptors (Lipinski definition) is 8. The Morgan fingerprint density at radius 2 is 1.42 bits per heavy atom. The number of nitrogens with one attached hydrogen (secondary N) is 3. The number of carboxylic acid groups (broad SMARTS) is 2. The molecule has 4 unspecified atom stereocenters.